The van der Waals surface area contributed by atoms with Crippen LogP contribution < -0.4 is 5.73 Å². The zero-order valence-corrected chi connectivity index (χ0v) is 11.2. The molecular formula is C13H26N2O2. The number of nitrogens with zero attached hydrogens (tertiary/aromatic N) is 1. The maximum absolute atomic E-state index is 6.09. The summed E-state index contributed by atoms with van der Waals surface area (Å²) in [6.45, 7) is 8.78. The second-order valence-electron chi connectivity index (χ2n) is 5.41. The fourth-order valence-electron chi connectivity index (χ4n) is 3.11. The molecule has 2 aliphatic rings. The number of rotatable bonds is 3. The molecule has 0 saturated carbocycles. The lowest BCUT2D eigenvalue weighted by Gasteiger charge is -2.50. The van der Waals surface area contributed by atoms with Crippen LogP contribution in [0, 0.1) is 0 Å². The smallest absolute Gasteiger partial charge is 0.0674 e. The Morgan fingerprint density at radius 1 is 1.35 bits per heavy atom. The van der Waals surface area contributed by atoms with Crippen molar-refractivity contribution in [3.63, 3.8) is 0 Å². The third-order valence-corrected chi connectivity index (χ3v) is 4.28. The number of hydrogen-bond acceptors (Lipinski definition) is 4. The fraction of sp³-hybridized carbons (Fsp3) is 1.00. The Balaban J connectivity index is 2.06. The number of morpholine rings is 1. The summed E-state index contributed by atoms with van der Waals surface area (Å²) in [4.78, 5) is 2.55. The number of hydrogen-bond donors (Lipinski definition) is 1. The monoisotopic (exact) mass is 242 g/mol. The molecule has 3 unspecified atom stereocenters. The lowest BCUT2D eigenvalue weighted by Crippen LogP contribution is -2.62. The Morgan fingerprint density at radius 3 is 2.82 bits per heavy atom. The van der Waals surface area contributed by atoms with Gasteiger partial charge < -0.3 is 15.2 Å². The largest absolute Gasteiger partial charge is 0.378 e. The van der Waals surface area contributed by atoms with E-state index < -0.39 is 0 Å². The average Bonchev–Trinajstić information content (AvgIpc) is 2.38. The van der Waals surface area contributed by atoms with Crippen molar-refractivity contribution in [1.29, 1.82) is 0 Å². The van der Waals surface area contributed by atoms with Crippen molar-refractivity contribution in [2.45, 2.75) is 50.9 Å². The zero-order chi connectivity index (χ0) is 12.3. The lowest BCUT2D eigenvalue weighted by atomic mass is 9.83. The summed E-state index contributed by atoms with van der Waals surface area (Å²) in [5.41, 5.74) is 6.24. The Kier molecular flexibility index (Phi) is 4.42. The SMILES string of the molecule is CCC1CC(CN)(N2CCOC(C)C2)CCO1. The van der Waals surface area contributed by atoms with E-state index >= 15 is 0 Å². The van der Waals surface area contributed by atoms with Crippen LogP contribution >= 0.6 is 0 Å². The van der Waals surface area contributed by atoms with Gasteiger partial charge in [-0.3, -0.25) is 4.90 Å². The van der Waals surface area contributed by atoms with E-state index in [9.17, 15) is 0 Å². The van der Waals surface area contributed by atoms with Gasteiger partial charge in [-0.1, -0.05) is 6.92 Å². The van der Waals surface area contributed by atoms with Gasteiger partial charge in [-0.2, -0.15) is 0 Å². The van der Waals surface area contributed by atoms with Crippen LogP contribution in [0.2, 0.25) is 0 Å². The minimum Gasteiger partial charge on any atom is -0.378 e. The van der Waals surface area contributed by atoms with Gasteiger partial charge in [-0.25, -0.2) is 0 Å². The summed E-state index contributed by atoms with van der Waals surface area (Å²) in [6, 6.07) is 0. The van der Waals surface area contributed by atoms with Crippen LogP contribution in [0.15, 0.2) is 0 Å². The second kappa shape index (κ2) is 5.65. The summed E-state index contributed by atoms with van der Waals surface area (Å²) in [5.74, 6) is 0. The maximum atomic E-state index is 6.09. The topological polar surface area (TPSA) is 47.7 Å². The summed E-state index contributed by atoms with van der Waals surface area (Å²) in [6.07, 6.45) is 3.93. The van der Waals surface area contributed by atoms with Gasteiger partial charge in [-0.05, 0) is 26.2 Å². The molecule has 0 radical (unpaired) electrons. The van der Waals surface area contributed by atoms with Crippen molar-refractivity contribution in [2.24, 2.45) is 5.73 Å². The minimum absolute atomic E-state index is 0.150. The molecule has 2 rings (SSSR count). The first kappa shape index (κ1) is 13.3. The molecule has 2 N–H and O–H groups in total. The molecule has 0 spiro atoms. The normalized spacial score (nSPS) is 40.4. The highest BCUT2D eigenvalue weighted by Gasteiger charge is 2.41. The van der Waals surface area contributed by atoms with Crippen LogP contribution in [-0.2, 0) is 9.47 Å². The summed E-state index contributed by atoms with van der Waals surface area (Å²) in [5, 5.41) is 0. The molecular weight excluding hydrogens is 216 g/mol. The van der Waals surface area contributed by atoms with Crippen LogP contribution in [0.3, 0.4) is 0 Å². The van der Waals surface area contributed by atoms with Gasteiger partial charge in [0.05, 0.1) is 18.8 Å². The van der Waals surface area contributed by atoms with Crippen molar-refractivity contribution < 1.29 is 9.47 Å². The van der Waals surface area contributed by atoms with E-state index in [1.165, 1.54) is 0 Å². The molecule has 17 heavy (non-hydrogen) atoms. The van der Waals surface area contributed by atoms with Crippen molar-refractivity contribution in [3.05, 3.63) is 0 Å². The third-order valence-electron chi connectivity index (χ3n) is 4.28. The van der Waals surface area contributed by atoms with E-state index in [0.717, 1.165) is 52.1 Å². The molecule has 0 aromatic carbocycles. The van der Waals surface area contributed by atoms with Gasteiger partial charge in [0.2, 0.25) is 0 Å². The van der Waals surface area contributed by atoms with E-state index in [1.54, 1.807) is 0 Å². The van der Waals surface area contributed by atoms with E-state index in [1.807, 2.05) is 0 Å². The predicted molar refractivity (Wildman–Crippen MR) is 68.0 cm³/mol. The van der Waals surface area contributed by atoms with Gasteiger partial charge in [0, 0.05) is 31.8 Å². The van der Waals surface area contributed by atoms with E-state index in [-0.39, 0.29) is 5.54 Å². The molecule has 2 fully saturated rings. The molecule has 3 atom stereocenters. The van der Waals surface area contributed by atoms with Gasteiger partial charge in [-0.15, -0.1) is 0 Å². The van der Waals surface area contributed by atoms with Gasteiger partial charge >= 0.3 is 0 Å². The highest BCUT2D eigenvalue weighted by atomic mass is 16.5. The van der Waals surface area contributed by atoms with Gasteiger partial charge in [0.15, 0.2) is 0 Å². The molecule has 0 aromatic heterocycles. The van der Waals surface area contributed by atoms with Crippen LogP contribution in [-0.4, -0.2) is 55.5 Å². The van der Waals surface area contributed by atoms with Crippen molar-refractivity contribution in [3.8, 4) is 0 Å². The highest BCUT2D eigenvalue weighted by molar-refractivity contribution is 4.97. The Labute approximate surface area is 104 Å². The van der Waals surface area contributed by atoms with Crippen molar-refractivity contribution in [1.82, 2.24) is 4.90 Å². The van der Waals surface area contributed by atoms with Crippen molar-refractivity contribution >= 4 is 0 Å². The molecule has 2 saturated heterocycles. The highest BCUT2D eigenvalue weighted by Crippen LogP contribution is 2.32. The van der Waals surface area contributed by atoms with Gasteiger partial charge in [0.25, 0.3) is 0 Å². The van der Waals surface area contributed by atoms with E-state index in [4.69, 9.17) is 15.2 Å². The predicted octanol–water partition coefficient (Wildman–Crippen LogP) is 0.994. The van der Waals surface area contributed by atoms with Crippen LogP contribution in [0.5, 0.6) is 0 Å². The van der Waals surface area contributed by atoms with Crippen LogP contribution in [0.4, 0.5) is 0 Å². The molecule has 0 bridgehead atoms. The van der Waals surface area contributed by atoms with Crippen LogP contribution in [0.25, 0.3) is 0 Å². The standard InChI is InChI=1S/C13H26N2O2/c1-3-12-8-13(10-14,4-6-17-12)15-5-7-16-11(2)9-15/h11-12H,3-10,14H2,1-2H3. The average molecular weight is 242 g/mol. The number of nitrogens with two attached hydrogens (primary N) is 1. The molecule has 2 aliphatic heterocycles. The quantitative estimate of drug-likeness (QED) is 0.802. The summed E-state index contributed by atoms with van der Waals surface area (Å²) < 4.78 is 11.4. The molecule has 100 valence electrons. The molecule has 4 heteroatoms. The maximum Gasteiger partial charge on any atom is 0.0674 e. The first-order valence-electron chi connectivity index (χ1n) is 6.88. The molecule has 0 amide bonds. The molecule has 2 heterocycles. The van der Waals surface area contributed by atoms with Crippen LogP contribution in [0.1, 0.15) is 33.1 Å². The lowest BCUT2D eigenvalue weighted by molar-refractivity contribution is -0.113. The summed E-state index contributed by atoms with van der Waals surface area (Å²) >= 11 is 0. The first-order chi connectivity index (χ1) is 8.20. The Bertz CT molecular complexity index is 250. The molecule has 0 aliphatic carbocycles. The van der Waals surface area contributed by atoms with E-state index in [2.05, 4.69) is 18.7 Å². The molecule has 4 nitrogen and oxygen atoms in total. The molecule has 0 aromatic rings. The third kappa shape index (κ3) is 2.81. The Hall–Kier alpha value is -0.160. The second-order valence-corrected chi connectivity index (χ2v) is 5.41. The fourth-order valence-corrected chi connectivity index (χ4v) is 3.11. The first-order valence-corrected chi connectivity index (χ1v) is 6.88. The zero-order valence-electron chi connectivity index (χ0n) is 11.2. The summed E-state index contributed by atoms with van der Waals surface area (Å²) in [7, 11) is 0. The van der Waals surface area contributed by atoms with Gasteiger partial charge in [0.1, 0.15) is 0 Å². The minimum atomic E-state index is 0.150. The van der Waals surface area contributed by atoms with E-state index in [0.29, 0.717) is 12.2 Å². The number of ether oxygens (including phenoxy) is 2. The van der Waals surface area contributed by atoms with Crippen molar-refractivity contribution in [2.75, 3.05) is 32.8 Å². The Morgan fingerprint density at radius 2 is 2.18 bits per heavy atom.